The number of hydrogen-bond acceptors (Lipinski definition) is 3. The van der Waals surface area contributed by atoms with Crippen molar-refractivity contribution in [1.29, 1.82) is 0 Å². The molecule has 0 aromatic heterocycles. The van der Waals surface area contributed by atoms with E-state index in [1.165, 1.54) is 6.42 Å². The van der Waals surface area contributed by atoms with E-state index in [1.807, 2.05) is 12.1 Å². The van der Waals surface area contributed by atoms with Crippen molar-refractivity contribution in [3.63, 3.8) is 0 Å². The minimum absolute atomic E-state index is 0.219. The third-order valence-corrected chi connectivity index (χ3v) is 3.41. The molecule has 1 aliphatic carbocycles. The second-order valence-corrected chi connectivity index (χ2v) is 5.02. The Labute approximate surface area is 113 Å². The van der Waals surface area contributed by atoms with Gasteiger partial charge >= 0.3 is 0 Å². The Balaban J connectivity index is 2.03. The average molecular weight is 260 g/mol. The first-order chi connectivity index (χ1) is 9.20. The van der Waals surface area contributed by atoms with Gasteiger partial charge in [-0.05, 0) is 43.7 Å². The zero-order chi connectivity index (χ0) is 13.7. The summed E-state index contributed by atoms with van der Waals surface area (Å²) in [5.41, 5.74) is 4.23. The van der Waals surface area contributed by atoms with Crippen LogP contribution >= 0.6 is 0 Å². The first-order valence-corrected chi connectivity index (χ1v) is 6.69. The number of carbonyl (C=O) groups excluding carboxylic acids is 1. The number of rotatable bonds is 3. The van der Waals surface area contributed by atoms with Gasteiger partial charge in [-0.15, -0.1) is 0 Å². The molecular weight excluding hydrogens is 240 g/mol. The van der Waals surface area contributed by atoms with E-state index in [1.54, 1.807) is 19.2 Å². The molecular formula is C15H20N2O2. The zero-order valence-electron chi connectivity index (χ0n) is 11.5. The lowest BCUT2D eigenvalue weighted by Crippen LogP contribution is -2.22. The van der Waals surface area contributed by atoms with Crippen molar-refractivity contribution in [3.05, 3.63) is 29.8 Å². The van der Waals surface area contributed by atoms with E-state index >= 15 is 0 Å². The summed E-state index contributed by atoms with van der Waals surface area (Å²) in [5, 5.41) is 4.25. The molecule has 0 spiro atoms. The summed E-state index contributed by atoms with van der Waals surface area (Å²) in [5.74, 6) is 1.01. The van der Waals surface area contributed by atoms with Crippen LogP contribution in [-0.4, -0.2) is 18.7 Å². The number of ether oxygens (including phenoxy) is 1. The van der Waals surface area contributed by atoms with Gasteiger partial charge in [0.05, 0.1) is 12.7 Å². The number of nitrogens with one attached hydrogen (secondary N) is 1. The van der Waals surface area contributed by atoms with Gasteiger partial charge in [0, 0.05) is 5.71 Å². The molecule has 0 aliphatic heterocycles. The van der Waals surface area contributed by atoms with Gasteiger partial charge in [-0.1, -0.05) is 19.1 Å². The number of hydrazone groups is 1. The highest BCUT2D eigenvalue weighted by Crippen LogP contribution is 2.21. The van der Waals surface area contributed by atoms with Crippen LogP contribution in [0.5, 0.6) is 5.75 Å². The van der Waals surface area contributed by atoms with Gasteiger partial charge in [-0.2, -0.15) is 5.10 Å². The fraction of sp³-hybridized carbons (Fsp3) is 0.467. The lowest BCUT2D eigenvalue weighted by Gasteiger charge is -2.19. The van der Waals surface area contributed by atoms with Crippen LogP contribution in [0.25, 0.3) is 0 Å². The Morgan fingerprint density at radius 2 is 2.21 bits per heavy atom. The molecule has 0 heterocycles. The van der Waals surface area contributed by atoms with Gasteiger partial charge in [0.1, 0.15) is 5.75 Å². The standard InChI is InChI=1S/C15H20N2O2/c1-11-6-5-7-12(10-11)16-17-15(18)13-8-3-4-9-14(13)19-2/h3-4,8-9,11H,5-7,10H2,1-2H3,(H,17,18). The number of methoxy groups -OCH3 is 1. The molecule has 1 atom stereocenters. The van der Waals surface area contributed by atoms with E-state index in [-0.39, 0.29) is 5.91 Å². The Morgan fingerprint density at radius 1 is 1.42 bits per heavy atom. The molecule has 0 bridgehead atoms. The van der Waals surface area contributed by atoms with Crippen molar-refractivity contribution in [3.8, 4) is 5.75 Å². The Bertz CT molecular complexity index is 483. The van der Waals surface area contributed by atoms with Gasteiger partial charge in [-0.3, -0.25) is 4.79 Å². The van der Waals surface area contributed by atoms with E-state index < -0.39 is 0 Å². The molecule has 0 radical (unpaired) electrons. The van der Waals surface area contributed by atoms with Crippen molar-refractivity contribution in [2.24, 2.45) is 11.0 Å². The van der Waals surface area contributed by atoms with E-state index in [0.717, 1.165) is 25.0 Å². The molecule has 0 saturated heterocycles. The molecule has 102 valence electrons. The Morgan fingerprint density at radius 3 is 2.95 bits per heavy atom. The first kappa shape index (κ1) is 13.6. The summed E-state index contributed by atoms with van der Waals surface area (Å²) in [6, 6.07) is 7.15. The summed E-state index contributed by atoms with van der Waals surface area (Å²) < 4.78 is 5.17. The van der Waals surface area contributed by atoms with Gasteiger partial charge in [0.15, 0.2) is 0 Å². The molecule has 2 rings (SSSR count). The number of nitrogens with zero attached hydrogens (tertiary/aromatic N) is 1. The zero-order valence-corrected chi connectivity index (χ0v) is 11.5. The van der Waals surface area contributed by atoms with Gasteiger partial charge in [-0.25, -0.2) is 5.43 Å². The molecule has 4 nitrogen and oxygen atoms in total. The maximum atomic E-state index is 12.1. The molecule has 1 saturated carbocycles. The monoisotopic (exact) mass is 260 g/mol. The van der Waals surface area contributed by atoms with Crippen LogP contribution in [0.2, 0.25) is 0 Å². The van der Waals surface area contributed by atoms with Crippen LogP contribution in [-0.2, 0) is 0 Å². The summed E-state index contributed by atoms with van der Waals surface area (Å²) in [7, 11) is 1.56. The summed E-state index contributed by atoms with van der Waals surface area (Å²) >= 11 is 0. The van der Waals surface area contributed by atoms with E-state index in [9.17, 15) is 4.79 Å². The van der Waals surface area contributed by atoms with Crippen LogP contribution < -0.4 is 10.2 Å². The molecule has 1 unspecified atom stereocenters. The second kappa shape index (κ2) is 6.36. The van der Waals surface area contributed by atoms with Crippen LogP contribution in [0.15, 0.2) is 29.4 Å². The molecule has 1 aromatic rings. The highest BCUT2D eigenvalue weighted by Gasteiger charge is 2.15. The minimum Gasteiger partial charge on any atom is -0.496 e. The van der Waals surface area contributed by atoms with Gasteiger partial charge in [0.2, 0.25) is 0 Å². The van der Waals surface area contributed by atoms with Crippen molar-refractivity contribution in [1.82, 2.24) is 5.43 Å². The van der Waals surface area contributed by atoms with Gasteiger partial charge in [0.25, 0.3) is 5.91 Å². The normalized spacial score (nSPS) is 21.2. The second-order valence-electron chi connectivity index (χ2n) is 5.02. The third-order valence-electron chi connectivity index (χ3n) is 3.41. The summed E-state index contributed by atoms with van der Waals surface area (Å²) in [6.07, 6.45) is 4.37. The number of benzene rings is 1. The fourth-order valence-corrected chi connectivity index (χ4v) is 2.38. The highest BCUT2D eigenvalue weighted by molar-refractivity contribution is 5.97. The molecule has 1 amide bonds. The average Bonchev–Trinajstić information content (AvgIpc) is 2.45. The third kappa shape index (κ3) is 3.56. The molecule has 1 N–H and O–H groups in total. The lowest BCUT2D eigenvalue weighted by molar-refractivity contribution is 0.0951. The van der Waals surface area contributed by atoms with Crippen molar-refractivity contribution >= 4 is 11.6 Å². The molecule has 1 fully saturated rings. The molecule has 1 aliphatic rings. The highest BCUT2D eigenvalue weighted by atomic mass is 16.5. The van der Waals surface area contributed by atoms with Crippen molar-refractivity contribution < 1.29 is 9.53 Å². The Kier molecular flexibility index (Phi) is 4.55. The quantitative estimate of drug-likeness (QED) is 0.849. The van der Waals surface area contributed by atoms with Crippen LogP contribution in [0, 0.1) is 5.92 Å². The van der Waals surface area contributed by atoms with E-state index in [4.69, 9.17) is 4.74 Å². The van der Waals surface area contributed by atoms with Crippen LogP contribution in [0.1, 0.15) is 43.0 Å². The largest absolute Gasteiger partial charge is 0.496 e. The first-order valence-electron chi connectivity index (χ1n) is 6.69. The predicted molar refractivity (Wildman–Crippen MR) is 75.5 cm³/mol. The number of para-hydroxylation sites is 1. The topological polar surface area (TPSA) is 50.7 Å². The SMILES string of the molecule is COc1ccccc1C(=O)NN=C1CCCC(C)C1. The van der Waals surface area contributed by atoms with Crippen molar-refractivity contribution in [2.75, 3.05) is 7.11 Å². The molecule has 1 aromatic carbocycles. The van der Waals surface area contributed by atoms with Gasteiger partial charge < -0.3 is 4.74 Å². The van der Waals surface area contributed by atoms with E-state index in [2.05, 4.69) is 17.5 Å². The van der Waals surface area contributed by atoms with E-state index in [0.29, 0.717) is 17.2 Å². The molecule has 19 heavy (non-hydrogen) atoms. The summed E-state index contributed by atoms with van der Waals surface area (Å²) in [4.78, 5) is 12.1. The van der Waals surface area contributed by atoms with Crippen LogP contribution in [0.4, 0.5) is 0 Å². The smallest absolute Gasteiger partial charge is 0.275 e. The fourth-order valence-electron chi connectivity index (χ4n) is 2.38. The number of carbonyl (C=O) groups is 1. The summed E-state index contributed by atoms with van der Waals surface area (Å²) in [6.45, 7) is 2.22. The predicted octanol–water partition coefficient (Wildman–Crippen LogP) is 2.99. The van der Waals surface area contributed by atoms with Crippen molar-refractivity contribution in [2.45, 2.75) is 32.6 Å². The maximum Gasteiger partial charge on any atom is 0.275 e. The molecule has 4 heteroatoms. The maximum absolute atomic E-state index is 12.1. The Hall–Kier alpha value is -1.84. The van der Waals surface area contributed by atoms with Crippen LogP contribution in [0.3, 0.4) is 0 Å². The lowest BCUT2D eigenvalue weighted by atomic mass is 9.89. The number of amides is 1. The number of hydrogen-bond donors (Lipinski definition) is 1. The minimum atomic E-state index is -0.219.